The Balaban J connectivity index is 2.16. The number of hydrogen-bond donors (Lipinski definition) is 3. The van der Waals surface area contributed by atoms with Crippen molar-refractivity contribution < 1.29 is 30.9 Å². The molecule has 0 saturated heterocycles. The molecule has 0 heterocycles. The predicted octanol–water partition coefficient (Wildman–Crippen LogP) is 2.99. The lowest BCUT2D eigenvalue weighted by molar-refractivity contribution is 0.262. The number of rotatable bonds is 3. The monoisotopic (exact) mass is 346 g/mol. The maximum absolute atomic E-state index is 13.4. The van der Waals surface area contributed by atoms with Crippen LogP contribution >= 0.6 is 0 Å². The van der Waals surface area contributed by atoms with Crippen LogP contribution in [0.4, 0.5) is 29.3 Å². The van der Waals surface area contributed by atoms with Crippen LogP contribution in [0, 0.1) is 17.5 Å². The zero-order chi connectivity index (χ0) is 17.2. The summed E-state index contributed by atoms with van der Waals surface area (Å²) in [4.78, 5) is 11.2. The number of hydrogen-bond acceptors (Lipinski definition) is 3. The number of carbonyl (C=O) groups excluding carboxylic acids is 1. The largest absolute Gasteiger partial charge is 0.323 e. The lowest BCUT2D eigenvalue weighted by Crippen LogP contribution is -2.20. The van der Waals surface area contributed by atoms with E-state index in [0.717, 1.165) is 18.2 Å². The molecule has 0 atom stereocenters. The summed E-state index contributed by atoms with van der Waals surface area (Å²) in [7, 11) is -4.46. The van der Waals surface area contributed by atoms with Gasteiger partial charge in [0.2, 0.25) is 0 Å². The van der Waals surface area contributed by atoms with Gasteiger partial charge in [-0.2, -0.15) is 8.42 Å². The Morgan fingerprint density at radius 2 is 1.70 bits per heavy atom. The third-order valence-electron chi connectivity index (χ3n) is 2.67. The van der Waals surface area contributed by atoms with Crippen LogP contribution in [-0.2, 0) is 10.1 Å². The Labute approximate surface area is 128 Å². The van der Waals surface area contributed by atoms with Gasteiger partial charge in [0.05, 0.1) is 10.6 Å². The number of amides is 2. The van der Waals surface area contributed by atoms with Gasteiger partial charge in [-0.3, -0.25) is 4.55 Å². The topological polar surface area (TPSA) is 95.5 Å². The van der Waals surface area contributed by atoms with E-state index in [2.05, 4.69) is 5.32 Å². The Bertz CT molecular complexity index is 872. The molecular formula is C13H9F3N2O4S. The smallest absolute Gasteiger partial charge is 0.308 e. The Morgan fingerprint density at radius 3 is 2.35 bits per heavy atom. The molecule has 23 heavy (non-hydrogen) atoms. The minimum absolute atomic E-state index is 0.0272. The first kappa shape index (κ1) is 16.8. The lowest BCUT2D eigenvalue weighted by Gasteiger charge is -2.09. The molecule has 3 N–H and O–H groups in total. The summed E-state index contributed by atoms with van der Waals surface area (Å²) in [6.07, 6.45) is 0. The van der Waals surface area contributed by atoms with E-state index in [-0.39, 0.29) is 5.69 Å². The second kappa shape index (κ2) is 6.26. The lowest BCUT2D eigenvalue weighted by atomic mass is 10.3. The van der Waals surface area contributed by atoms with Crippen LogP contribution in [0.25, 0.3) is 0 Å². The normalized spacial score (nSPS) is 11.1. The van der Waals surface area contributed by atoms with Crippen LogP contribution < -0.4 is 10.6 Å². The molecule has 10 heteroatoms. The van der Waals surface area contributed by atoms with Gasteiger partial charge in [-0.25, -0.2) is 18.0 Å². The number of benzene rings is 2. The number of carbonyl (C=O) groups is 1. The first-order chi connectivity index (χ1) is 10.7. The van der Waals surface area contributed by atoms with Crippen molar-refractivity contribution in [1.29, 1.82) is 0 Å². The highest BCUT2D eigenvalue weighted by atomic mass is 32.2. The van der Waals surface area contributed by atoms with Gasteiger partial charge in [-0.1, -0.05) is 6.07 Å². The van der Waals surface area contributed by atoms with Crippen molar-refractivity contribution in [3.05, 3.63) is 53.8 Å². The van der Waals surface area contributed by atoms with Crippen molar-refractivity contribution in [3.8, 4) is 0 Å². The highest BCUT2D eigenvalue weighted by Crippen LogP contribution is 2.20. The maximum Gasteiger partial charge on any atom is 0.323 e. The maximum atomic E-state index is 13.4. The zero-order valence-corrected chi connectivity index (χ0v) is 12.0. The van der Waals surface area contributed by atoms with Gasteiger partial charge in [-0.15, -0.1) is 0 Å². The van der Waals surface area contributed by atoms with Crippen molar-refractivity contribution in [2.45, 2.75) is 4.90 Å². The summed E-state index contributed by atoms with van der Waals surface area (Å²) in [5, 5.41) is 4.10. The molecule has 2 amide bonds. The second-order valence-corrected chi connectivity index (χ2v) is 5.73. The minimum Gasteiger partial charge on any atom is -0.308 e. The summed E-state index contributed by atoms with van der Waals surface area (Å²) >= 11 is 0. The highest BCUT2D eigenvalue weighted by Gasteiger charge is 2.16. The van der Waals surface area contributed by atoms with Gasteiger partial charge in [0.15, 0.2) is 17.5 Å². The molecule has 122 valence electrons. The fraction of sp³-hybridized carbons (Fsp3) is 0. The van der Waals surface area contributed by atoms with Crippen molar-refractivity contribution in [2.75, 3.05) is 10.6 Å². The van der Waals surface area contributed by atoms with E-state index in [1.165, 1.54) is 12.1 Å². The van der Waals surface area contributed by atoms with Crippen molar-refractivity contribution >= 4 is 27.5 Å². The van der Waals surface area contributed by atoms with E-state index in [0.29, 0.717) is 6.07 Å². The van der Waals surface area contributed by atoms with E-state index >= 15 is 0 Å². The van der Waals surface area contributed by atoms with E-state index in [1.807, 2.05) is 5.32 Å². The Morgan fingerprint density at radius 1 is 1.00 bits per heavy atom. The van der Waals surface area contributed by atoms with Crippen LogP contribution in [-0.4, -0.2) is 19.0 Å². The molecule has 0 aromatic heterocycles. The van der Waals surface area contributed by atoms with Gasteiger partial charge in [0, 0.05) is 5.69 Å². The highest BCUT2D eigenvalue weighted by molar-refractivity contribution is 7.85. The number of halogens is 3. The van der Waals surface area contributed by atoms with Gasteiger partial charge in [0.25, 0.3) is 10.1 Å². The van der Waals surface area contributed by atoms with Crippen LogP contribution in [0.15, 0.2) is 41.3 Å². The van der Waals surface area contributed by atoms with E-state index in [4.69, 9.17) is 4.55 Å². The van der Waals surface area contributed by atoms with Crippen molar-refractivity contribution in [3.63, 3.8) is 0 Å². The third-order valence-corrected chi connectivity index (χ3v) is 3.52. The van der Waals surface area contributed by atoms with E-state index in [9.17, 15) is 26.4 Å². The quantitative estimate of drug-likeness (QED) is 0.588. The molecule has 0 saturated carbocycles. The number of anilines is 2. The summed E-state index contributed by atoms with van der Waals surface area (Å²) in [6.45, 7) is 0. The first-order valence-corrected chi connectivity index (χ1v) is 7.41. The van der Waals surface area contributed by atoms with E-state index < -0.39 is 44.2 Å². The summed E-state index contributed by atoms with van der Waals surface area (Å²) in [5.74, 6) is -4.72. The minimum atomic E-state index is -4.46. The zero-order valence-electron chi connectivity index (χ0n) is 11.2. The first-order valence-electron chi connectivity index (χ1n) is 5.97. The van der Waals surface area contributed by atoms with Crippen LogP contribution in [0.2, 0.25) is 0 Å². The number of urea groups is 1. The average molecular weight is 346 g/mol. The predicted molar refractivity (Wildman–Crippen MR) is 75.2 cm³/mol. The van der Waals surface area contributed by atoms with Crippen molar-refractivity contribution in [1.82, 2.24) is 0 Å². The van der Waals surface area contributed by atoms with Gasteiger partial charge < -0.3 is 10.6 Å². The van der Waals surface area contributed by atoms with Crippen LogP contribution in [0.5, 0.6) is 0 Å². The third kappa shape index (κ3) is 3.99. The summed E-state index contributed by atoms with van der Waals surface area (Å²) < 4.78 is 70.1. The fourth-order valence-electron chi connectivity index (χ4n) is 1.64. The molecular weight excluding hydrogens is 337 g/mol. The van der Waals surface area contributed by atoms with E-state index in [1.54, 1.807) is 0 Å². The van der Waals surface area contributed by atoms with Gasteiger partial charge >= 0.3 is 6.03 Å². The SMILES string of the molecule is O=C(Nc1cccc(S(=O)(=O)O)c1)Nc1ccc(F)c(F)c1F. The van der Waals surface area contributed by atoms with Gasteiger partial charge in [-0.05, 0) is 30.3 Å². The molecule has 0 aliphatic carbocycles. The second-order valence-electron chi connectivity index (χ2n) is 4.30. The molecule has 0 fully saturated rings. The Hall–Kier alpha value is -2.59. The van der Waals surface area contributed by atoms with Crippen LogP contribution in [0.1, 0.15) is 0 Å². The van der Waals surface area contributed by atoms with Crippen LogP contribution in [0.3, 0.4) is 0 Å². The fourth-order valence-corrected chi connectivity index (χ4v) is 2.17. The number of nitrogens with one attached hydrogen (secondary N) is 2. The molecule has 0 bridgehead atoms. The average Bonchev–Trinajstić information content (AvgIpc) is 2.47. The molecule has 0 spiro atoms. The summed E-state index contributed by atoms with van der Waals surface area (Å²) in [5.41, 5.74) is -0.632. The molecule has 0 unspecified atom stereocenters. The van der Waals surface area contributed by atoms with Crippen molar-refractivity contribution in [2.24, 2.45) is 0 Å². The molecule has 2 aromatic rings. The standard InChI is InChI=1S/C13H9F3N2O4S/c14-9-4-5-10(12(16)11(9)15)18-13(19)17-7-2-1-3-8(6-7)23(20,21)22/h1-6H,(H2,17,18,19)(H,20,21,22). The molecule has 0 aliphatic rings. The molecule has 0 radical (unpaired) electrons. The Kier molecular flexibility index (Phi) is 4.57. The van der Waals surface area contributed by atoms with Gasteiger partial charge in [0.1, 0.15) is 0 Å². The molecule has 0 aliphatic heterocycles. The molecule has 2 aromatic carbocycles. The molecule has 2 rings (SSSR count). The summed E-state index contributed by atoms with van der Waals surface area (Å²) in [6, 6.07) is 5.02. The molecule has 6 nitrogen and oxygen atoms in total.